The third-order valence-corrected chi connectivity index (χ3v) is 7.76. The van der Waals surface area contributed by atoms with Gasteiger partial charge in [0.25, 0.3) is 0 Å². The van der Waals surface area contributed by atoms with Crippen LogP contribution >= 0.6 is 0 Å². The molecule has 0 aliphatic rings. The molecule has 2 N–H and O–H groups in total. The lowest BCUT2D eigenvalue weighted by molar-refractivity contribution is -0.152. The summed E-state index contributed by atoms with van der Waals surface area (Å²) in [7, 11) is 0. The summed E-state index contributed by atoms with van der Waals surface area (Å²) in [4.78, 5) is 23.9. The molecule has 0 aromatic heterocycles. The fraction of sp³-hybridized carbons (Fsp3) is 0.750. The number of allylic oxidation sites excluding steroid dienone is 8. The van der Waals surface area contributed by atoms with Crippen LogP contribution in [0.4, 0.5) is 0 Å². The number of aliphatic hydroxyl groups excluding tert-OH is 2. The van der Waals surface area contributed by atoms with Crippen LogP contribution in [0.2, 0.25) is 0 Å². The van der Waals surface area contributed by atoms with Gasteiger partial charge in [0.2, 0.25) is 0 Å². The molecule has 0 heterocycles. The van der Waals surface area contributed by atoms with Gasteiger partial charge in [0.15, 0.2) is 0 Å². The van der Waals surface area contributed by atoms with Crippen molar-refractivity contribution in [3.8, 4) is 0 Å². The molecular formula is C40H70O6. The summed E-state index contributed by atoms with van der Waals surface area (Å²) in [5.41, 5.74) is 0. The van der Waals surface area contributed by atoms with Gasteiger partial charge in [-0.3, -0.25) is 9.59 Å². The second kappa shape index (κ2) is 34.2. The highest BCUT2D eigenvalue weighted by molar-refractivity contribution is 5.69. The number of hydrogen-bond donors (Lipinski definition) is 2. The zero-order chi connectivity index (χ0) is 33.9. The molecule has 6 nitrogen and oxygen atoms in total. The third-order valence-electron chi connectivity index (χ3n) is 7.76. The van der Waals surface area contributed by atoms with Crippen molar-refractivity contribution < 1.29 is 29.3 Å². The maximum absolute atomic E-state index is 11.9. The minimum atomic E-state index is -0.993. The summed E-state index contributed by atoms with van der Waals surface area (Å²) in [6.45, 7) is 6.13. The molecule has 0 aromatic carbocycles. The van der Waals surface area contributed by atoms with Gasteiger partial charge in [0.05, 0.1) is 6.10 Å². The minimum Gasteiger partial charge on any atom is -0.463 e. The molecule has 2 atom stereocenters. The average Bonchev–Trinajstić information content (AvgIpc) is 3.02. The lowest BCUT2D eigenvalue weighted by atomic mass is 10.0. The van der Waals surface area contributed by atoms with Crippen molar-refractivity contribution in [1.29, 1.82) is 0 Å². The first-order valence-electron chi connectivity index (χ1n) is 18.6. The van der Waals surface area contributed by atoms with Gasteiger partial charge in [-0.25, -0.2) is 0 Å². The summed E-state index contributed by atoms with van der Waals surface area (Å²) in [6.07, 6.45) is 38.7. The fourth-order valence-electron chi connectivity index (χ4n) is 4.93. The standard InChI is InChI=1S/C40H70O6/c1-36(2)30-26-22-18-14-10-9-13-17-21-25-29-33-40(44)46-35-38(42)34-45-39(43)32-28-24-20-16-12-8-6-4-5-7-11-15-19-23-27-31-37(3)41/h5-8,15-16,19-20,36-38,41-42H,4,9-14,17-18,21-35H2,1-3H3/b7-5-,8-6-,19-15-,20-16-/t37-,38-/m1/s1. The first kappa shape index (κ1) is 43.8. The maximum Gasteiger partial charge on any atom is 0.305 e. The van der Waals surface area contributed by atoms with Crippen molar-refractivity contribution in [3.05, 3.63) is 48.6 Å². The van der Waals surface area contributed by atoms with Gasteiger partial charge in [-0.2, -0.15) is 0 Å². The molecule has 0 aliphatic carbocycles. The normalized spacial score (nSPS) is 13.5. The van der Waals surface area contributed by atoms with Crippen molar-refractivity contribution in [3.63, 3.8) is 0 Å². The van der Waals surface area contributed by atoms with Gasteiger partial charge in [-0.05, 0) is 70.6 Å². The van der Waals surface area contributed by atoms with E-state index in [-0.39, 0.29) is 31.3 Å². The Morgan fingerprint density at radius 3 is 1.35 bits per heavy atom. The number of unbranched alkanes of at least 4 members (excludes halogenated alkanes) is 12. The van der Waals surface area contributed by atoms with E-state index >= 15 is 0 Å². The van der Waals surface area contributed by atoms with Crippen LogP contribution in [0.1, 0.15) is 162 Å². The minimum absolute atomic E-state index is 0.141. The van der Waals surface area contributed by atoms with Gasteiger partial charge in [0.1, 0.15) is 19.3 Å². The van der Waals surface area contributed by atoms with Crippen molar-refractivity contribution in [2.75, 3.05) is 13.2 Å². The van der Waals surface area contributed by atoms with Crippen molar-refractivity contribution >= 4 is 11.9 Å². The number of esters is 2. The molecule has 46 heavy (non-hydrogen) atoms. The Balaban J connectivity index is 3.56. The molecule has 0 aromatic rings. The number of rotatable bonds is 32. The molecule has 0 saturated heterocycles. The molecule has 0 spiro atoms. The first-order chi connectivity index (χ1) is 22.3. The number of carbonyl (C=O) groups excluding carboxylic acids is 2. The van der Waals surface area contributed by atoms with Crippen molar-refractivity contribution in [1.82, 2.24) is 0 Å². The van der Waals surface area contributed by atoms with E-state index in [4.69, 9.17) is 9.47 Å². The smallest absolute Gasteiger partial charge is 0.305 e. The Labute approximate surface area is 282 Å². The van der Waals surface area contributed by atoms with E-state index in [1.54, 1.807) is 0 Å². The molecular weight excluding hydrogens is 576 g/mol. The molecule has 0 radical (unpaired) electrons. The second-order valence-corrected chi connectivity index (χ2v) is 13.1. The third kappa shape index (κ3) is 36.3. The predicted octanol–water partition coefficient (Wildman–Crippen LogP) is 10.3. The van der Waals surface area contributed by atoms with E-state index in [1.807, 2.05) is 6.92 Å². The molecule has 0 aliphatic heterocycles. The highest BCUT2D eigenvalue weighted by atomic mass is 16.6. The highest BCUT2D eigenvalue weighted by Crippen LogP contribution is 2.14. The number of hydrogen-bond acceptors (Lipinski definition) is 6. The monoisotopic (exact) mass is 647 g/mol. The first-order valence-corrected chi connectivity index (χ1v) is 18.6. The summed E-state index contributed by atoms with van der Waals surface area (Å²) in [5.74, 6) is 0.182. The molecule has 6 heteroatoms. The molecule has 0 bridgehead atoms. The Morgan fingerprint density at radius 2 is 0.891 bits per heavy atom. The fourth-order valence-corrected chi connectivity index (χ4v) is 4.93. The Hall–Kier alpha value is -2.18. The Bertz CT molecular complexity index is 811. The van der Waals surface area contributed by atoms with Crippen LogP contribution < -0.4 is 0 Å². The average molecular weight is 647 g/mol. The molecule has 0 rings (SSSR count). The van der Waals surface area contributed by atoms with Gasteiger partial charge in [0, 0.05) is 12.8 Å². The maximum atomic E-state index is 11.9. The SMILES string of the molecule is CC(C)CCCCCCCCCCCCCC(=O)OC[C@H](O)COC(=O)CCC/C=C\C/C=C\C/C=C\C/C=C\CCC[C@@H](C)O. The number of carbonyl (C=O) groups is 2. The van der Waals surface area contributed by atoms with Gasteiger partial charge in [-0.1, -0.05) is 133 Å². The summed E-state index contributed by atoms with van der Waals surface area (Å²) < 4.78 is 10.3. The molecule has 0 amide bonds. The van der Waals surface area contributed by atoms with E-state index < -0.39 is 6.10 Å². The van der Waals surface area contributed by atoms with E-state index in [2.05, 4.69) is 62.5 Å². The van der Waals surface area contributed by atoms with Gasteiger partial charge in [-0.15, -0.1) is 0 Å². The van der Waals surface area contributed by atoms with Crippen molar-refractivity contribution in [2.24, 2.45) is 5.92 Å². The van der Waals surface area contributed by atoms with Crippen LogP contribution in [0.15, 0.2) is 48.6 Å². The summed E-state index contributed by atoms with van der Waals surface area (Å²) in [5, 5.41) is 19.2. The predicted molar refractivity (Wildman–Crippen MR) is 193 cm³/mol. The van der Waals surface area contributed by atoms with Crippen LogP contribution in [0.3, 0.4) is 0 Å². The van der Waals surface area contributed by atoms with Crippen LogP contribution in [0.25, 0.3) is 0 Å². The molecule has 0 fully saturated rings. The second-order valence-electron chi connectivity index (χ2n) is 13.1. The van der Waals surface area contributed by atoms with E-state index in [9.17, 15) is 19.8 Å². The van der Waals surface area contributed by atoms with Crippen LogP contribution in [0.5, 0.6) is 0 Å². The van der Waals surface area contributed by atoms with Crippen molar-refractivity contribution in [2.45, 2.75) is 174 Å². The summed E-state index contributed by atoms with van der Waals surface area (Å²) >= 11 is 0. The quantitative estimate of drug-likeness (QED) is 0.0429. The number of ether oxygens (including phenoxy) is 2. The van der Waals surface area contributed by atoms with Crippen LogP contribution in [0, 0.1) is 5.92 Å². The van der Waals surface area contributed by atoms with Gasteiger partial charge < -0.3 is 19.7 Å². The van der Waals surface area contributed by atoms with E-state index in [1.165, 1.54) is 57.8 Å². The lowest BCUT2D eigenvalue weighted by Crippen LogP contribution is -2.25. The molecule has 266 valence electrons. The highest BCUT2D eigenvalue weighted by Gasteiger charge is 2.12. The zero-order valence-corrected chi connectivity index (χ0v) is 29.8. The summed E-state index contributed by atoms with van der Waals surface area (Å²) in [6, 6.07) is 0. The Kier molecular flexibility index (Phi) is 32.5. The van der Waals surface area contributed by atoms with E-state index in [0.29, 0.717) is 19.3 Å². The lowest BCUT2D eigenvalue weighted by Gasteiger charge is -2.12. The Morgan fingerprint density at radius 1 is 0.500 bits per heavy atom. The van der Waals surface area contributed by atoms with Crippen LogP contribution in [-0.2, 0) is 19.1 Å². The topological polar surface area (TPSA) is 93.1 Å². The van der Waals surface area contributed by atoms with Gasteiger partial charge >= 0.3 is 11.9 Å². The molecule has 0 saturated carbocycles. The number of aliphatic hydroxyl groups is 2. The zero-order valence-electron chi connectivity index (χ0n) is 29.8. The van der Waals surface area contributed by atoms with E-state index in [0.717, 1.165) is 70.1 Å². The molecule has 0 unspecified atom stereocenters. The van der Waals surface area contributed by atoms with Crippen LogP contribution in [-0.4, -0.2) is 47.6 Å². The largest absolute Gasteiger partial charge is 0.463 e.